The molecule has 0 aromatic heterocycles. The van der Waals surface area contributed by atoms with E-state index < -0.39 is 12.1 Å². The Morgan fingerprint density at radius 3 is 1.44 bits per heavy atom. The molecule has 16 heavy (non-hydrogen) atoms. The molecule has 0 fully saturated rings. The van der Waals surface area contributed by atoms with Gasteiger partial charge in [-0.15, -0.1) is 0 Å². The van der Waals surface area contributed by atoms with Gasteiger partial charge in [-0.2, -0.15) is 0 Å². The van der Waals surface area contributed by atoms with E-state index in [-0.39, 0.29) is 0 Å². The number of amides is 4. The third-order valence-electron chi connectivity index (χ3n) is 1.88. The van der Waals surface area contributed by atoms with Gasteiger partial charge in [-0.1, -0.05) is 12.8 Å². The number of rotatable bonds is 7. The standard InChI is InChI=1S/C8H18N4O4/c13-7(11-15)9-5-3-1-2-4-6-10-8(14)12-16/h15-16H,1-6H2,(H2,9,11,13)(H2,10,12,14). The van der Waals surface area contributed by atoms with Crippen molar-refractivity contribution in [2.75, 3.05) is 13.1 Å². The van der Waals surface area contributed by atoms with Gasteiger partial charge in [-0.3, -0.25) is 10.4 Å². The second-order valence-electron chi connectivity index (χ2n) is 3.15. The summed E-state index contributed by atoms with van der Waals surface area (Å²) < 4.78 is 0. The van der Waals surface area contributed by atoms with Gasteiger partial charge in [0, 0.05) is 13.1 Å². The molecule has 0 radical (unpaired) electrons. The number of urea groups is 2. The lowest BCUT2D eigenvalue weighted by molar-refractivity contribution is 0.161. The van der Waals surface area contributed by atoms with E-state index in [4.69, 9.17) is 10.4 Å². The van der Waals surface area contributed by atoms with Crippen LogP contribution in [0.3, 0.4) is 0 Å². The molecule has 0 atom stereocenters. The molecule has 8 heteroatoms. The zero-order chi connectivity index (χ0) is 12.2. The quantitative estimate of drug-likeness (QED) is 0.209. The van der Waals surface area contributed by atoms with Crippen LogP contribution in [0.5, 0.6) is 0 Å². The van der Waals surface area contributed by atoms with E-state index in [2.05, 4.69) is 10.6 Å². The number of nitrogens with one attached hydrogen (secondary N) is 4. The molecule has 8 nitrogen and oxygen atoms in total. The molecule has 6 N–H and O–H groups in total. The first-order valence-corrected chi connectivity index (χ1v) is 5.06. The average molecular weight is 234 g/mol. The monoisotopic (exact) mass is 234 g/mol. The molecule has 0 aromatic rings. The van der Waals surface area contributed by atoms with Crippen molar-refractivity contribution >= 4 is 12.1 Å². The Labute approximate surface area is 93.3 Å². The summed E-state index contributed by atoms with van der Waals surface area (Å²) in [6.45, 7) is 0.994. The average Bonchev–Trinajstić information content (AvgIpc) is 2.31. The van der Waals surface area contributed by atoms with Gasteiger partial charge < -0.3 is 10.6 Å². The Bertz CT molecular complexity index is 190. The molecule has 0 rings (SSSR count). The Hall–Kier alpha value is -1.54. The number of hydrogen-bond acceptors (Lipinski definition) is 4. The van der Waals surface area contributed by atoms with Crippen LogP contribution in [0.1, 0.15) is 25.7 Å². The zero-order valence-electron chi connectivity index (χ0n) is 8.95. The molecule has 0 bridgehead atoms. The van der Waals surface area contributed by atoms with Crippen molar-refractivity contribution in [3.8, 4) is 0 Å². The lowest BCUT2D eigenvalue weighted by atomic mass is 10.2. The van der Waals surface area contributed by atoms with E-state index in [1.54, 1.807) is 0 Å². The maximum absolute atomic E-state index is 10.5. The normalized spacial score (nSPS) is 9.38. The minimum Gasteiger partial charge on any atom is -0.336 e. The van der Waals surface area contributed by atoms with Crippen LogP contribution in [-0.4, -0.2) is 35.6 Å². The van der Waals surface area contributed by atoms with Crippen molar-refractivity contribution in [1.82, 2.24) is 21.6 Å². The van der Waals surface area contributed by atoms with E-state index in [1.165, 1.54) is 11.0 Å². The Balaban J connectivity index is 3.10. The van der Waals surface area contributed by atoms with Crippen molar-refractivity contribution in [3.63, 3.8) is 0 Å². The minimum absolute atomic E-state index is 0.497. The van der Waals surface area contributed by atoms with E-state index in [9.17, 15) is 9.59 Å². The lowest BCUT2D eigenvalue weighted by Gasteiger charge is -2.04. The summed E-state index contributed by atoms with van der Waals surface area (Å²) in [6.07, 6.45) is 3.43. The second kappa shape index (κ2) is 9.99. The fraction of sp³-hybridized carbons (Fsp3) is 0.750. The second-order valence-corrected chi connectivity index (χ2v) is 3.15. The number of hydroxylamine groups is 2. The molecule has 4 amide bonds. The summed E-state index contributed by atoms with van der Waals surface area (Å²) in [7, 11) is 0. The molecule has 94 valence electrons. The van der Waals surface area contributed by atoms with Crippen LogP contribution < -0.4 is 21.6 Å². The summed E-state index contributed by atoms with van der Waals surface area (Å²) in [5.74, 6) is 0. The molecule has 0 saturated heterocycles. The molecule has 0 spiro atoms. The maximum atomic E-state index is 10.5. The maximum Gasteiger partial charge on any atom is 0.338 e. The van der Waals surface area contributed by atoms with Crippen LogP contribution in [0.4, 0.5) is 9.59 Å². The number of carbonyl (C=O) groups is 2. The molecular weight excluding hydrogens is 216 g/mol. The molecule has 0 aliphatic heterocycles. The van der Waals surface area contributed by atoms with Crippen LogP contribution in [0.25, 0.3) is 0 Å². The Morgan fingerprint density at radius 1 is 0.750 bits per heavy atom. The highest BCUT2D eigenvalue weighted by atomic mass is 16.5. The summed E-state index contributed by atoms with van der Waals surface area (Å²) in [4.78, 5) is 21.0. The van der Waals surface area contributed by atoms with Crippen LogP contribution in [0.2, 0.25) is 0 Å². The van der Waals surface area contributed by atoms with Crippen LogP contribution >= 0.6 is 0 Å². The molecule has 0 unspecified atom stereocenters. The molecule has 0 aliphatic carbocycles. The third kappa shape index (κ3) is 9.03. The first-order valence-electron chi connectivity index (χ1n) is 5.06. The van der Waals surface area contributed by atoms with Crippen molar-refractivity contribution in [3.05, 3.63) is 0 Å². The minimum atomic E-state index is -0.610. The van der Waals surface area contributed by atoms with E-state index in [0.717, 1.165) is 25.7 Å². The highest BCUT2D eigenvalue weighted by Crippen LogP contribution is 1.97. The molecule has 0 aliphatic rings. The summed E-state index contributed by atoms with van der Waals surface area (Å²) in [5.41, 5.74) is 2.93. The first-order chi connectivity index (χ1) is 7.70. The van der Waals surface area contributed by atoms with E-state index in [0.29, 0.717) is 13.1 Å². The molecule has 0 aromatic carbocycles. The van der Waals surface area contributed by atoms with Gasteiger partial charge in [0.15, 0.2) is 0 Å². The number of unbranched alkanes of at least 4 members (excludes halogenated alkanes) is 3. The smallest absolute Gasteiger partial charge is 0.336 e. The van der Waals surface area contributed by atoms with Gasteiger partial charge >= 0.3 is 12.1 Å². The van der Waals surface area contributed by atoms with Gasteiger partial charge in [0.2, 0.25) is 0 Å². The number of carbonyl (C=O) groups excluding carboxylic acids is 2. The predicted molar refractivity (Wildman–Crippen MR) is 55.1 cm³/mol. The lowest BCUT2D eigenvalue weighted by Crippen LogP contribution is -2.34. The van der Waals surface area contributed by atoms with Gasteiger partial charge in [-0.25, -0.2) is 20.5 Å². The van der Waals surface area contributed by atoms with E-state index in [1.807, 2.05) is 0 Å². The van der Waals surface area contributed by atoms with Gasteiger partial charge in [0.1, 0.15) is 0 Å². The predicted octanol–water partition coefficient (Wildman–Crippen LogP) is -0.0764. The highest BCUT2D eigenvalue weighted by Gasteiger charge is 1.97. The SMILES string of the molecule is O=C(NO)NCCCCCCNC(=O)NO. The summed E-state index contributed by atoms with van der Waals surface area (Å²) in [6, 6.07) is -1.22. The Kier molecular flexibility index (Phi) is 9.03. The van der Waals surface area contributed by atoms with Gasteiger partial charge in [0.05, 0.1) is 0 Å². The van der Waals surface area contributed by atoms with Gasteiger partial charge in [0.25, 0.3) is 0 Å². The Morgan fingerprint density at radius 2 is 1.12 bits per heavy atom. The number of hydrogen-bond donors (Lipinski definition) is 6. The zero-order valence-corrected chi connectivity index (χ0v) is 8.95. The van der Waals surface area contributed by atoms with Crippen LogP contribution in [-0.2, 0) is 0 Å². The fourth-order valence-corrected chi connectivity index (χ4v) is 1.09. The van der Waals surface area contributed by atoms with Crippen molar-refractivity contribution in [1.29, 1.82) is 0 Å². The van der Waals surface area contributed by atoms with Crippen LogP contribution in [0, 0.1) is 0 Å². The highest BCUT2D eigenvalue weighted by molar-refractivity contribution is 5.72. The van der Waals surface area contributed by atoms with Crippen molar-refractivity contribution < 1.29 is 20.0 Å². The summed E-state index contributed by atoms with van der Waals surface area (Å²) in [5, 5.41) is 21.2. The van der Waals surface area contributed by atoms with Gasteiger partial charge in [-0.05, 0) is 12.8 Å². The third-order valence-corrected chi connectivity index (χ3v) is 1.88. The topological polar surface area (TPSA) is 123 Å². The largest absolute Gasteiger partial charge is 0.338 e. The molecular formula is C8H18N4O4. The molecule has 0 heterocycles. The van der Waals surface area contributed by atoms with Crippen LogP contribution in [0.15, 0.2) is 0 Å². The fourth-order valence-electron chi connectivity index (χ4n) is 1.09. The first kappa shape index (κ1) is 14.5. The molecule has 0 saturated carbocycles. The summed E-state index contributed by atoms with van der Waals surface area (Å²) >= 11 is 0. The van der Waals surface area contributed by atoms with Crippen molar-refractivity contribution in [2.45, 2.75) is 25.7 Å². The van der Waals surface area contributed by atoms with E-state index >= 15 is 0 Å². The van der Waals surface area contributed by atoms with Crippen molar-refractivity contribution in [2.24, 2.45) is 0 Å².